The van der Waals surface area contributed by atoms with Gasteiger partial charge in [-0.1, -0.05) is 18.3 Å². The standard InChI is InChI=1S/C18H22N4O3S/c1-3-14-19-18-22(20-14)17(23)16(26-18)15(21-8-10-25-11-9-21)12-4-6-13(24-2)7-5-12/h4-7,15,23H,3,8-11H2,1-2H3/p+1/t15-/m0/s1. The van der Waals surface area contributed by atoms with Crippen molar-refractivity contribution in [1.29, 1.82) is 0 Å². The average Bonchev–Trinajstić information content (AvgIpc) is 3.23. The Labute approximate surface area is 155 Å². The number of morpholine rings is 1. The summed E-state index contributed by atoms with van der Waals surface area (Å²) in [7, 11) is 1.66. The lowest BCUT2D eigenvalue weighted by Crippen LogP contribution is -3.14. The summed E-state index contributed by atoms with van der Waals surface area (Å²) in [5, 5.41) is 15.3. The number of aromatic hydroxyl groups is 1. The van der Waals surface area contributed by atoms with Crippen molar-refractivity contribution in [1.82, 2.24) is 14.6 Å². The van der Waals surface area contributed by atoms with Gasteiger partial charge in [-0.15, -0.1) is 5.10 Å². The van der Waals surface area contributed by atoms with Gasteiger partial charge < -0.3 is 19.5 Å². The number of benzene rings is 1. The summed E-state index contributed by atoms with van der Waals surface area (Å²) >= 11 is 1.51. The van der Waals surface area contributed by atoms with E-state index in [-0.39, 0.29) is 11.9 Å². The Morgan fingerprint density at radius 2 is 2.04 bits per heavy atom. The Balaban J connectivity index is 1.78. The van der Waals surface area contributed by atoms with Crippen LogP contribution >= 0.6 is 11.3 Å². The first-order valence-electron chi connectivity index (χ1n) is 8.84. The summed E-state index contributed by atoms with van der Waals surface area (Å²) < 4.78 is 12.4. The Bertz CT molecular complexity index is 884. The first-order valence-corrected chi connectivity index (χ1v) is 9.66. The second-order valence-electron chi connectivity index (χ2n) is 6.34. The maximum absolute atomic E-state index is 10.9. The predicted molar refractivity (Wildman–Crippen MR) is 98.3 cm³/mol. The average molecular weight is 375 g/mol. The zero-order valence-electron chi connectivity index (χ0n) is 14.9. The molecule has 2 N–H and O–H groups in total. The molecule has 0 bridgehead atoms. The second-order valence-corrected chi connectivity index (χ2v) is 7.35. The molecule has 0 saturated carbocycles. The van der Waals surface area contributed by atoms with Crippen LogP contribution in [0.5, 0.6) is 11.6 Å². The zero-order valence-corrected chi connectivity index (χ0v) is 15.8. The van der Waals surface area contributed by atoms with Gasteiger partial charge in [-0.05, 0) is 24.3 Å². The molecule has 138 valence electrons. The molecule has 2 aromatic heterocycles. The smallest absolute Gasteiger partial charge is 0.235 e. The molecule has 1 atom stereocenters. The first-order chi connectivity index (χ1) is 12.7. The van der Waals surface area contributed by atoms with Crippen LogP contribution in [0.1, 0.15) is 29.2 Å². The largest absolute Gasteiger partial charge is 0.497 e. The molecule has 4 rings (SSSR count). The first kappa shape index (κ1) is 17.3. The summed E-state index contributed by atoms with van der Waals surface area (Å²) in [6.07, 6.45) is 0.750. The van der Waals surface area contributed by atoms with Gasteiger partial charge in [0.2, 0.25) is 10.8 Å². The number of ether oxygens (including phenoxy) is 2. The van der Waals surface area contributed by atoms with E-state index in [9.17, 15) is 5.11 Å². The van der Waals surface area contributed by atoms with Gasteiger partial charge in [0.25, 0.3) is 0 Å². The SMILES string of the molecule is CCc1nc2sc([C@H](c3ccc(OC)cc3)[NH+]3CCOCC3)c(O)n2n1. The fourth-order valence-electron chi connectivity index (χ4n) is 3.42. The van der Waals surface area contributed by atoms with Crippen LogP contribution in [0.25, 0.3) is 4.96 Å². The maximum Gasteiger partial charge on any atom is 0.235 e. The topological polar surface area (TPSA) is 73.3 Å². The molecule has 3 aromatic rings. The number of nitrogens with zero attached hydrogens (tertiary/aromatic N) is 3. The number of aromatic nitrogens is 3. The van der Waals surface area contributed by atoms with Crippen LogP contribution in [0.3, 0.4) is 0 Å². The van der Waals surface area contributed by atoms with Crippen molar-refractivity contribution in [3.05, 3.63) is 40.5 Å². The highest BCUT2D eigenvalue weighted by Crippen LogP contribution is 2.35. The molecule has 1 aromatic carbocycles. The number of thiazole rings is 1. The highest BCUT2D eigenvalue weighted by molar-refractivity contribution is 7.17. The maximum atomic E-state index is 10.9. The van der Waals surface area contributed by atoms with Gasteiger partial charge in [-0.2, -0.15) is 4.52 Å². The van der Waals surface area contributed by atoms with E-state index in [1.807, 2.05) is 19.1 Å². The van der Waals surface area contributed by atoms with Crippen molar-refractivity contribution in [2.75, 3.05) is 33.4 Å². The van der Waals surface area contributed by atoms with Gasteiger partial charge in [0, 0.05) is 12.0 Å². The molecule has 1 aliphatic heterocycles. The molecule has 26 heavy (non-hydrogen) atoms. The van der Waals surface area contributed by atoms with Crippen LogP contribution in [-0.4, -0.2) is 53.1 Å². The summed E-state index contributed by atoms with van der Waals surface area (Å²) in [5.41, 5.74) is 1.14. The number of hydrogen-bond acceptors (Lipinski definition) is 6. The van der Waals surface area contributed by atoms with Crippen molar-refractivity contribution < 1.29 is 19.5 Å². The summed E-state index contributed by atoms with van der Waals surface area (Å²) in [6, 6.07) is 8.08. The second kappa shape index (κ2) is 7.22. The van der Waals surface area contributed by atoms with E-state index in [0.717, 1.165) is 59.7 Å². The molecule has 1 aliphatic rings. The van der Waals surface area contributed by atoms with Crippen molar-refractivity contribution in [3.8, 4) is 11.6 Å². The number of hydrogen-bond donors (Lipinski definition) is 2. The monoisotopic (exact) mass is 375 g/mol. The Hall–Kier alpha value is -2.16. The van der Waals surface area contributed by atoms with Gasteiger partial charge >= 0.3 is 0 Å². The summed E-state index contributed by atoms with van der Waals surface area (Å²) in [5.74, 6) is 1.76. The zero-order chi connectivity index (χ0) is 18.1. The third-order valence-electron chi connectivity index (χ3n) is 4.81. The van der Waals surface area contributed by atoms with Crippen molar-refractivity contribution >= 4 is 16.3 Å². The van der Waals surface area contributed by atoms with Crippen molar-refractivity contribution in [2.24, 2.45) is 0 Å². The van der Waals surface area contributed by atoms with Gasteiger partial charge in [0.1, 0.15) is 23.7 Å². The van der Waals surface area contributed by atoms with Gasteiger partial charge in [0.05, 0.1) is 20.3 Å². The number of fused-ring (bicyclic) bond motifs is 1. The molecule has 0 amide bonds. The molecule has 1 saturated heterocycles. The predicted octanol–water partition coefficient (Wildman–Crippen LogP) is 1.07. The summed E-state index contributed by atoms with van der Waals surface area (Å²) in [4.78, 5) is 7.52. The van der Waals surface area contributed by atoms with Crippen LogP contribution in [0.4, 0.5) is 0 Å². The quantitative estimate of drug-likeness (QED) is 0.698. The molecule has 0 unspecified atom stereocenters. The highest BCUT2D eigenvalue weighted by Gasteiger charge is 2.33. The Kier molecular flexibility index (Phi) is 4.80. The fourth-order valence-corrected chi connectivity index (χ4v) is 4.58. The van der Waals surface area contributed by atoms with Gasteiger partial charge in [0.15, 0.2) is 11.9 Å². The molecule has 8 heteroatoms. The number of methoxy groups -OCH3 is 1. The number of rotatable bonds is 5. The van der Waals surface area contributed by atoms with E-state index in [1.54, 1.807) is 11.6 Å². The third kappa shape index (κ3) is 3.04. The minimum absolute atomic E-state index is 0.0170. The van der Waals surface area contributed by atoms with Crippen LogP contribution in [0.2, 0.25) is 0 Å². The van der Waals surface area contributed by atoms with E-state index >= 15 is 0 Å². The van der Waals surface area contributed by atoms with Gasteiger partial charge in [-0.25, -0.2) is 4.98 Å². The van der Waals surface area contributed by atoms with Crippen molar-refractivity contribution in [3.63, 3.8) is 0 Å². The minimum Gasteiger partial charge on any atom is -0.497 e. The molecule has 7 nitrogen and oxygen atoms in total. The number of quaternary nitrogens is 1. The van der Waals surface area contributed by atoms with Crippen LogP contribution in [0, 0.1) is 0 Å². The molecule has 3 heterocycles. The van der Waals surface area contributed by atoms with E-state index < -0.39 is 0 Å². The van der Waals surface area contributed by atoms with E-state index in [2.05, 4.69) is 22.2 Å². The number of nitrogens with one attached hydrogen (secondary N) is 1. The molecular weight excluding hydrogens is 352 g/mol. The van der Waals surface area contributed by atoms with E-state index in [4.69, 9.17) is 9.47 Å². The van der Waals surface area contributed by atoms with Gasteiger partial charge in [-0.3, -0.25) is 0 Å². The Morgan fingerprint density at radius 3 is 2.65 bits per heavy atom. The lowest BCUT2D eigenvalue weighted by molar-refractivity contribution is -0.932. The molecule has 0 radical (unpaired) electrons. The third-order valence-corrected chi connectivity index (χ3v) is 5.90. The Morgan fingerprint density at radius 1 is 1.31 bits per heavy atom. The lowest BCUT2D eigenvalue weighted by atomic mass is 10.0. The van der Waals surface area contributed by atoms with Crippen LogP contribution in [0.15, 0.2) is 24.3 Å². The van der Waals surface area contributed by atoms with E-state index in [0.29, 0.717) is 0 Å². The molecule has 0 spiro atoms. The van der Waals surface area contributed by atoms with E-state index in [1.165, 1.54) is 16.2 Å². The van der Waals surface area contributed by atoms with Crippen molar-refractivity contribution in [2.45, 2.75) is 19.4 Å². The minimum atomic E-state index is 0.0170. The van der Waals surface area contributed by atoms with Crippen LogP contribution in [-0.2, 0) is 11.2 Å². The molecule has 1 fully saturated rings. The lowest BCUT2D eigenvalue weighted by Gasteiger charge is -2.31. The number of aryl methyl sites for hydroxylation is 1. The summed E-state index contributed by atoms with van der Waals surface area (Å²) in [6.45, 7) is 5.25. The normalized spacial score (nSPS) is 16.8. The van der Waals surface area contributed by atoms with Crippen LogP contribution < -0.4 is 9.64 Å². The fraction of sp³-hybridized carbons (Fsp3) is 0.444. The molecule has 0 aliphatic carbocycles. The highest BCUT2D eigenvalue weighted by atomic mass is 32.1. The molecular formula is C18H23N4O3S+.